The fourth-order valence-electron chi connectivity index (χ4n) is 4.56. The first-order valence-corrected chi connectivity index (χ1v) is 12.7. The number of benzene rings is 1. The van der Waals surface area contributed by atoms with Crippen molar-refractivity contribution in [2.75, 3.05) is 20.2 Å². The Bertz CT molecular complexity index is 1390. The van der Waals surface area contributed by atoms with E-state index in [2.05, 4.69) is 20.5 Å². The van der Waals surface area contributed by atoms with Crippen LogP contribution in [0.4, 0.5) is 4.79 Å². The average molecular weight is 521 g/mol. The number of nitrogens with one attached hydrogen (secondary N) is 1. The molecule has 4 heterocycles. The van der Waals surface area contributed by atoms with Gasteiger partial charge in [-0.05, 0) is 51.8 Å². The smallest absolute Gasteiger partial charge is 0.410 e. The highest BCUT2D eigenvalue weighted by atomic mass is 16.6. The molecular formula is C27H32N6O5. The Labute approximate surface area is 220 Å². The van der Waals surface area contributed by atoms with Gasteiger partial charge in [-0.15, -0.1) is 10.2 Å². The van der Waals surface area contributed by atoms with E-state index in [-0.39, 0.29) is 24.6 Å². The molecule has 200 valence electrons. The standard InChI is InChI=1S/C27H32N6O5/c1-27(2,3)38-26(35)32-12-10-18(15-32)29-25(34)17-5-8-23-30-31-24(33(23)14-17)16-37-22-9-11-28-21-13-19(36-4)6-7-20(21)22/h6-7,9,11,13-14,18H,5,8,10,12,15-16H2,1-4H3,(H,29,34). The Morgan fingerprint density at radius 3 is 2.79 bits per heavy atom. The lowest BCUT2D eigenvalue weighted by Gasteiger charge is -2.24. The third kappa shape index (κ3) is 5.56. The zero-order valence-corrected chi connectivity index (χ0v) is 22.1. The number of ether oxygens (including phenoxy) is 3. The average Bonchev–Trinajstić information content (AvgIpc) is 3.52. The van der Waals surface area contributed by atoms with Crippen LogP contribution in [-0.4, -0.2) is 68.5 Å². The van der Waals surface area contributed by atoms with Crippen molar-refractivity contribution in [3.63, 3.8) is 0 Å². The van der Waals surface area contributed by atoms with Crippen LogP contribution in [0, 0.1) is 0 Å². The molecule has 1 aromatic carbocycles. The molecule has 38 heavy (non-hydrogen) atoms. The van der Waals surface area contributed by atoms with E-state index in [1.165, 1.54) is 0 Å². The van der Waals surface area contributed by atoms with Crippen molar-refractivity contribution in [3.8, 4) is 11.5 Å². The predicted octanol–water partition coefficient (Wildman–Crippen LogP) is 3.33. The molecule has 1 saturated heterocycles. The molecule has 2 aliphatic rings. The molecule has 1 N–H and O–H groups in total. The first-order chi connectivity index (χ1) is 18.2. The molecule has 0 radical (unpaired) electrons. The monoisotopic (exact) mass is 520 g/mol. The maximum absolute atomic E-state index is 13.1. The lowest BCUT2D eigenvalue weighted by atomic mass is 10.1. The maximum Gasteiger partial charge on any atom is 0.410 e. The fourth-order valence-corrected chi connectivity index (χ4v) is 4.56. The van der Waals surface area contributed by atoms with E-state index >= 15 is 0 Å². The van der Waals surface area contributed by atoms with Crippen LogP contribution in [-0.2, 0) is 22.6 Å². The van der Waals surface area contributed by atoms with Crippen molar-refractivity contribution in [1.29, 1.82) is 0 Å². The van der Waals surface area contributed by atoms with E-state index in [0.717, 1.165) is 22.5 Å². The number of nitrogens with zero attached hydrogens (tertiary/aromatic N) is 5. The topological polar surface area (TPSA) is 121 Å². The number of aryl methyl sites for hydroxylation is 1. The molecule has 2 aliphatic heterocycles. The minimum atomic E-state index is -0.554. The van der Waals surface area contributed by atoms with Crippen LogP contribution in [0.3, 0.4) is 0 Å². The normalized spacial score (nSPS) is 17.1. The summed E-state index contributed by atoms with van der Waals surface area (Å²) in [7, 11) is 1.62. The summed E-state index contributed by atoms with van der Waals surface area (Å²) in [5.41, 5.74) is 0.846. The number of hydrogen-bond donors (Lipinski definition) is 1. The molecule has 1 fully saturated rings. The number of pyridine rings is 1. The quantitative estimate of drug-likeness (QED) is 0.526. The Hall–Kier alpha value is -4.15. The van der Waals surface area contributed by atoms with Crippen LogP contribution < -0.4 is 14.8 Å². The third-order valence-corrected chi connectivity index (χ3v) is 6.47. The van der Waals surface area contributed by atoms with Crippen molar-refractivity contribution >= 4 is 29.1 Å². The van der Waals surface area contributed by atoms with Gasteiger partial charge in [0, 0.05) is 55.0 Å². The Morgan fingerprint density at radius 1 is 1.16 bits per heavy atom. The number of aromatic nitrogens is 4. The van der Waals surface area contributed by atoms with E-state index in [1.807, 2.05) is 43.5 Å². The summed E-state index contributed by atoms with van der Waals surface area (Å²) in [5.74, 6) is 2.62. The van der Waals surface area contributed by atoms with Crippen LogP contribution in [0.2, 0.25) is 0 Å². The summed E-state index contributed by atoms with van der Waals surface area (Å²) in [6.45, 7) is 6.67. The zero-order valence-electron chi connectivity index (χ0n) is 22.1. The van der Waals surface area contributed by atoms with Gasteiger partial charge in [0.1, 0.15) is 29.5 Å². The summed E-state index contributed by atoms with van der Waals surface area (Å²) >= 11 is 0. The molecule has 2 aromatic heterocycles. The second-order valence-electron chi connectivity index (χ2n) is 10.4. The summed E-state index contributed by atoms with van der Waals surface area (Å²) < 4.78 is 18.6. The number of fused-ring (bicyclic) bond motifs is 2. The maximum atomic E-state index is 13.1. The Balaban J connectivity index is 1.23. The van der Waals surface area contributed by atoms with Crippen molar-refractivity contribution in [3.05, 3.63) is 47.7 Å². The van der Waals surface area contributed by atoms with Gasteiger partial charge in [0.2, 0.25) is 5.91 Å². The molecule has 0 spiro atoms. The van der Waals surface area contributed by atoms with E-state index in [1.54, 1.807) is 30.5 Å². The van der Waals surface area contributed by atoms with Crippen LogP contribution >= 0.6 is 0 Å². The molecule has 11 nitrogen and oxygen atoms in total. The fraction of sp³-hybridized carbons (Fsp3) is 0.444. The molecule has 3 aromatic rings. The molecule has 5 rings (SSSR count). The largest absolute Gasteiger partial charge is 0.497 e. The van der Waals surface area contributed by atoms with Gasteiger partial charge in [0.25, 0.3) is 0 Å². The minimum Gasteiger partial charge on any atom is -0.497 e. The highest BCUT2D eigenvalue weighted by molar-refractivity contribution is 5.97. The van der Waals surface area contributed by atoms with Crippen LogP contribution in [0.1, 0.15) is 45.3 Å². The van der Waals surface area contributed by atoms with Crippen LogP contribution in [0.5, 0.6) is 11.5 Å². The van der Waals surface area contributed by atoms with Gasteiger partial charge in [-0.25, -0.2) is 4.79 Å². The molecule has 1 unspecified atom stereocenters. The highest BCUT2D eigenvalue weighted by Crippen LogP contribution is 2.28. The number of carbonyl (C=O) groups excluding carboxylic acids is 2. The van der Waals surface area contributed by atoms with Crippen molar-refractivity contribution in [2.45, 2.75) is 58.3 Å². The van der Waals surface area contributed by atoms with Gasteiger partial charge in [-0.1, -0.05) is 0 Å². The summed E-state index contributed by atoms with van der Waals surface area (Å²) in [5, 5.41) is 12.5. The number of rotatable bonds is 6. The number of carbonyl (C=O) groups is 2. The lowest BCUT2D eigenvalue weighted by Crippen LogP contribution is -2.41. The van der Waals surface area contributed by atoms with Gasteiger partial charge in [0.15, 0.2) is 5.82 Å². The zero-order chi connectivity index (χ0) is 26.9. The molecule has 0 saturated carbocycles. The predicted molar refractivity (Wildman–Crippen MR) is 140 cm³/mol. The Kier molecular flexibility index (Phi) is 6.92. The first kappa shape index (κ1) is 25.5. The van der Waals surface area contributed by atoms with Crippen LogP contribution in [0.15, 0.2) is 36.0 Å². The molecule has 0 aliphatic carbocycles. The van der Waals surface area contributed by atoms with Crippen molar-refractivity contribution in [2.24, 2.45) is 0 Å². The van der Waals surface area contributed by atoms with Crippen molar-refractivity contribution < 1.29 is 23.8 Å². The molecular weight excluding hydrogens is 488 g/mol. The second-order valence-corrected chi connectivity index (χ2v) is 10.4. The SMILES string of the molecule is COc1ccc2c(OCc3nnc4n3C=C(C(=O)NC3CCN(C(=O)OC(C)(C)C)C3)CC4)ccnc2c1. The van der Waals surface area contributed by atoms with E-state index in [4.69, 9.17) is 14.2 Å². The summed E-state index contributed by atoms with van der Waals surface area (Å²) in [6.07, 6.45) is 4.95. The number of hydrogen-bond acceptors (Lipinski definition) is 8. The van der Waals surface area contributed by atoms with E-state index in [0.29, 0.717) is 49.5 Å². The van der Waals surface area contributed by atoms with E-state index < -0.39 is 5.60 Å². The number of amides is 2. The first-order valence-electron chi connectivity index (χ1n) is 12.7. The second kappa shape index (κ2) is 10.3. The van der Waals surface area contributed by atoms with Gasteiger partial charge < -0.3 is 24.4 Å². The Morgan fingerprint density at radius 2 is 2.00 bits per heavy atom. The third-order valence-electron chi connectivity index (χ3n) is 6.47. The van der Waals surface area contributed by atoms with Gasteiger partial charge in [-0.2, -0.15) is 0 Å². The highest BCUT2D eigenvalue weighted by Gasteiger charge is 2.31. The van der Waals surface area contributed by atoms with E-state index in [9.17, 15) is 9.59 Å². The van der Waals surface area contributed by atoms with Gasteiger partial charge >= 0.3 is 6.09 Å². The van der Waals surface area contributed by atoms with Gasteiger partial charge in [0.05, 0.1) is 12.6 Å². The number of methoxy groups -OCH3 is 1. The van der Waals surface area contributed by atoms with Gasteiger partial charge in [-0.3, -0.25) is 14.3 Å². The number of likely N-dealkylation sites (tertiary alicyclic amines) is 1. The molecule has 0 bridgehead atoms. The molecule has 11 heteroatoms. The summed E-state index contributed by atoms with van der Waals surface area (Å²) in [6, 6.07) is 7.30. The molecule has 1 atom stereocenters. The lowest BCUT2D eigenvalue weighted by molar-refractivity contribution is -0.118. The molecule has 2 amide bonds. The van der Waals surface area contributed by atoms with Crippen molar-refractivity contribution in [1.82, 2.24) is 30.0 Å². The summed E-state index contributed by atoms with van der Waals surface area (Å²) in [4.78, 5) is 31.4. The van der Waals surface area contributed by atoms with Crippen LogP contribution in [0.25, 0.3) is 17.1 Å². The minimum absolute atomic E-state index is 0.125.